The van der Waals surface area contributed by atoms with Gasteiger partial charge >= 0.3 is 6.09 Å². The molecular weight excluding hydrogens is 428 g/mol. The molecule has 0 atom stereocenters. The quantitative estimate of drug-likeness (QED) is 0.711. The highest BCUT2D eigenvalue weighted by atomic mass is 79.9. The molecule has 3 rings (SSSR count). The van der Waals surface area contributed by atoms with Crippen molar-refractivity contribution in [3.63, 3.8) is 0 Å². The zero-order chi connectivity index (χ0) is 20.3. The van der Waals surface area contributed by atoms with E-state index in [1.54, 1.807) is 21.9 Å². The van der Waals surface area contributed by atoms with Crippen LogP contribution in [0.25, 0.3) is 10.9 Å². The van der Waals surface area contributed by atoms with E-state index in [1.165, 1.54) is 10.9 Å². The van der Waals surface area contributed by atoms with Gasteiger partial charge in [0.15, 0.2) is 0 Å². The minimum Gasteiger partial charge on any atom is -0.449 e. The second kappa shape index (κ2) is 8.72. The number of halogens is 1. The lowest BCUT2D eigenvalue weighted by molar-refractivity contribution is -0.133. The Bertz CT molecular complexity index is 935. The Morgan fingerprint density at radius 2 is 1.86 bits per heavy atom. The van der Waals surface area contributed by atoms with Crippen LogP contribution in [0.1, 0.15) is 13.8 Å². The van der Waals surface area contributed by atoms with Crippen LogP contribution in [0.3, 0.4) is 0 Å². The van der Waals surface area contributed by atoms with Gasteiger partial charge in [-0.1, -0.05) is 29.8 Å². The number of piperazine rings is 1. The molecule has 1 aliphatic rings. The number of aromatic nitrogens is 2. The number of nitrogens with zero attached hydrogens (tertiary/aromatic N) is 4. The third-order valence-electron chi connectivity index (χ3n) is 4.52. The molecule has 150 valence electrons. The van der Waals surface area contributed by atoms with E-state index >= 15 is 0 Å². The largest absolute Gasteiger partial charge is 0.449 e. The van der Waals surface area contributed by atoms with E-state index in [0.717, 1.165) is 4.47 Å². The van der Waals surface area contributed by atoms with Crippen molar-refractivity contribution in [2.75, 3.05) is 32.8 Å². The molecule has 1 aromatic heterocycles. The number of carbonyl (C=O) groups excluding carboxylic acids is 2. The molecule has 2 aromatic rings. The van der Waals surface area contributed by atoms with Crippen LogP contribution in [0.2, 0.25) is 0 Å². The first-order valence-electron chi connectivity index (χ1n) is 9.19. The first-order valence-corrected chi connectivity index (χ1v) is 9.98. The standard InChI is InChI=1S/C19H23BrN4O4/c1-13(2)11-28-19(27)23-7-5-22(6-8-23)17(25)10-24-12-21-16-4-3-14(20)9-15(16)18(24)26/h3-4,9,12-13H,5-8,10-11H2,1-2H3. The van der Waals surface area contributed by atoms with Gasteiger partial charge in [0.05, 0.1) is 23.8 Å². The van der Waals surface area contributed by atoms with Crippen molar-refractivity contribution >= 4 is 38.8 Å². The summed E-state index contributed by atoms with van der Waals surface area (Å²) in [6.07, 6.45) is 1.05. The molecule has 0 unspecified atom stereocenters. The summed E-state index contributed by atoms with van der Waals surface area (Å²) in [4.78, 5) is 44.8. The number of hydrogen-bond acceptors (Lipinski definition) is 5. The van der Waals surface area contributed by atoms with Gasteiger partial charge in [0, 0.05) is 30.7 Å². The average Bonchev–Trinajstić information content (AvgIpc) is 2.68. The Morgan fingerprint density at radius 3 is 2.54 bits per heavy atom. The van der Waals surface area contributed by atoms with Gasteiger partial charge < -0.3 is 14.5 Å². The van der Waals surface area contributed by atoms with Crippen LogP contribution >= 0.6 is 15.9 Å². The molecule has 0 radical (unpaired) electrons. The maximum atomic E-state index is 12.6. The fourth-order valence-corrected chi connectivity index (χ4v) is 3.32. The Hall–Kier alpha value is -2.42. The molecule has 0 bridgehead atoms. The molecule has 0 spiro atoms. The number of rotatable bonds is 4. The van der Waals surface area contributed by atoms with E-state index in [9.17, 15) is 14.4 Å². The molecule has 1 aliphatic heterocycles. The number of benzene rings is 1. The maximum absolute atomic E-state index is 12.6. The van der Waals surface area contributed by atoms with Crippen LogP contribution < -0.4 is 5.56 Å². The van der Waals surface area contributed by atoms with E-state index in [0.29, 0.717) is 43.7 Å². The van der Waals surface area contributed by atoms with E-state index < -0.39 is 0 Å². The van der Waals surface area contributed by atoms with Gasteiger partial charge in [-0.25, -0.2) is 9.78 Å². The summed E-state index contributed by atoms with van der Waals surface area (Å²) in [5.41, 5.74) is 0.334. The van der Waals surface area contributed by atoms with Crippen molar-refractivity contribution in [3.8, 4) is 0 Å². The Morgan fingerprint density at radius 1 is 1.18 bits per heavy atom. The van der Waals surface area contributed by atoms with Crippen molar-refractivity contribution in [1.82, 2.24) is 19.4 Å². The molecule has 28 heavy (non-hydrogen) atoms. The zero-order valence-electron chi connectivity index (χ0n) is 15.9. The summed E-state index contributed by atoms with van der Waals surface area (Å²) in [6, 6.07) is 5.27. The summed E-state index contributed by atoms with van der Waals surface area (Å²) in [7, 11) is 0. The molecule has 1 aromatic carbocycles. The predicted molar refractivity (Wildman–Crippen MR) is 108 cm³/mol. The summed E-state index contributed by atoms with van der Waals surface area (Å²) in [5.74, 6) is 0.106. The lowest BCUT2D eigenvalue weighted by atomic mass is 10.2. The highest BCUT2D eigenvalue weighted by Crippen LogP contribution is 2.15. The van der Waals surface area contributed by atoms with Gasteiger partial charge in [-0.15, -0.1) is 0 Å². The van der Waals surface area contributed by atoms with E-state index in [4.69, 9.17) is 4.74 Å². The molecule has 2 amide bonds. The Balaban J connectivity index is 1.61. The van der Waals surface area contributed by atoms with Gasteiger partial charge in [0.1, 0.15) is 6.54 Å². The summed E-state index contributed by atoms with van der Waals surface area (Å²) in [5, 5.41) is 0.461. The van der Waals surface area contributed by atoms with Crippen molar-refractivity contribution in [3.05, 3.63) is 39.4 Å². The molecule has 9 heteroatoms. The number of amides is 2. The highest BCUT2D eigenvalue weighted by Gasteiger charge is 2.25. The molecule has 2 heterocycles. The van der Waals surface area contributed by atoms with Gasteiger partial charge in [0.25, 0.3) is 5.56 Å². The average molecular weight is 451 g/mol. The molecule has 8 nitrogen and oxygen atoms in total. The molecular formula is C19H23BrN4O4. The zero-order valence-corrected chi connectivity index (χ0v) is 17.5. The van der Waals surface area contributed by atoms with Crippen LogP contribution in [-0.4, -0.2) is 64.1 Å². The smallest absolute Gasteiger partial charge is 0.409 e. The van der Waals surface area contributed by atoms with Crippen molar-refractivity contribution < 1.29 is 14.3 Å². The fourth-order valence-electron chi connectivity index (χ4n) is 2.96. The topological polar surface area (TPSA) is 84.7 Å². The van der Waals surface area contributed by atoms with Gasteiger partial charge in [0.2, 0.25) is 5.91 Å². The summed E-state index contributed by atoms with van der Waals surface area (Å²) < 4.78 is 7.33. The normalized spacial score (nSPS) is 14.6. The predicted octanol–water partition coefficient (Wildman–Crippen LogP) is 2.10. The van der Waals surface area contributed by atoms with Crippen molar-refractivity contribution in [2.24, 2.45) is 5.92 Å². The van der Waals surface area contributed by atoms with Gasteiger partial charge in [-0.05, 0) is 24.1 Å². The summed E-state index contributed by atoms with van der Waals surface area (Å²) in [6.45, 7) is 5.92. The SMILES string of the molecule is CC(C)COC(=O)N1CCN(C(=O)Cn2cnc3ccc(Br)cc3c2=O)CC1. The van der Waals surface area contributed by atoms with Crippen LogP contribution in [0.4, 0.5) is 4.79 Å². The maximum Gasteiger partial charge on any atom is 0.409 e. The van der Waals surface area contributed by atoms with E-state index in [2.05, 4.69) is 20.9 Å². The molecule has 1 saturated heterocycles. The van der Waals surface area contributed by atoms with Gasteiger partial charge in [-0.3, -0.25) is 14.2 Å². The monoisotopic (exact) mass is 450 g/mol. The number of ether oxygens (including phenoxy) is 1. The number of carbonyl (C=O) groups is 2. The van der Waals surface area contributed by atoms with E-state index in [1.807, 2.05) is 19.9 Å². The number of hydrogen-bond donors (Lipinski definition) is 0. The third kappa shape index (κ3) is 4.70. The van der Waals surface area contributed by atoms with Crippen molar-refractivity contribution in [2.45, 2.75) is 20.4 Å². The lowest BCUT2D eigenvalue weighted by Gasteiger charge is -2.34. The molecule has 0 aliphatic carbocycles. The minimum atomic E-state index is -0.346. The lowest BCUT2D eigenvalue weighted by Crippen LogP contribution is -2.51. The first kappa shape index (κ1) is 20.3. The number of fused-ring (bicyclic) bond motifs is 1. The van der Waals surface area contributed by atoms with Crippen LogP contribution in [0.15, 0.2) is 33.8 Å². The highest BCUT2D eigenvalue weighted by molar-refractivity contribution is 9.10. The second-order valence-electron chi connectivity index (χ2n) is 7.18. The van der Waals surface area contributed by atoms with Crippen LogP contribution in [-0.2, 0) is 16.1 Å². The Kier molecular flexibility index (Phi) is 6.33. The minimum absolute atomic E-state index is 0.0773. The third-order valence-corrected chi connectivity index (χ3v) is 5.02. The van der Waals surface area contributed by atoms with Crippen LogP contribution in [0, 0.1) is 5.92 Å². The fraction of sp³-hybridized carbons (Fsp3) is 0.474. The van der Waals surface area contributed by atoms with Crippen molar-refractivity contribution in [1.29, 1.82) is 0 Å². The summed E-state index contributed by atoms with van der Waals surface area (Å²) >= 11 is 3.35. The first-order chi connectivity index (χ1) is 13.3. The molecule has 0 saturated carbocycles. The second-order valence-corrected chi connectivity index (χ2v) is 8.09. The Labute approximate surface area is 171 Å². The van der Waals surface area contributed by atoms with Crippen LogP contribution in [0.5, 0.6) is 0 Å². The molecule has 0 N–H and O–H groups in total. The molecule has 1 fully saturated rings. The van der Waals surface area contributed by atoms with Gasteiger partial charge in [-0.2, -0.15) is 0 Å². The van der Waals surface area contributed by atoms with E-state index in [-0.39, 0.29) is 30.0 Å².